The number of rotatable bonds is 2. The lowest BCUT2D eigenvalue weighted by Crippen LogP contribution is -2.36. The minimum atomic E-state index is -0.832. The molecule has 0 aliphatic rings. The van der Waals surface area contributed by atoms with E-state index < -0.39 is 6.03 Å². The number of anilines is 1. The van der Waals surface area contributed by atoms with Crippen LogP contribution >= 0.6 is 0 Å². The number of hydrogen-bond acceptors (Lipinski definition) is 2. The average molecular weight is 236 g/mol. The second kappa shape index (κ2) is 5.20. The summed E-state index contributed by atoms with van der Waals surface area (Å²) in [6.45, 7) is 1.91. The number of ether oxygens (including phenoxy) is 1. The van der Waals surface area contributed by atoms with Gasteiger partial charge < -0.3 is 21.1 Å². The van der Waals surface area contributed by atoms with Crippen molar-refractivity contribution in [1.82, 2.24) is 0 Å². The van der Waals surface area contributed by atoms with Gasteiger partial charge in [-0.3, -0.25) is 0 Å². The number of primary amides is 1. The molecular weight excluding hydrogens is 220 g/mol. The van der Waals surface area contributed by atoms with Crippen LogP contribution in [0.4, 0.5) is 10.5 Å². The van der Waals surface area contributed by atoms with Crippen molar-refractivity contribution in [2.45, 2.75) is 6.92 Å². The van der Waals surface area contributed by atoms with Crippen LogP contribution in [0.3, 0.4) is 0 Å². The van der Waals surface area contributed by atoms with E-state index in [-0.39, 0.29) is 5.96 Å². The van der Waals surface area contributed by atoms with Crippen LogP contribution in [0.1, 0.15) is 5.56 Å². The lowest BCUT2D eigenvalue weighted by molar-refractivity contribution is 0.256. The van der Waals surface area contributed by atoms with Gasteiger partial charge in [0, 0.05) is 7.05 Å². The topological polar surface area (TPSA) is 93.9 Å². The van der Waals surface area contributed by atoms with Crippen molar-refractivity contribution in [3.05, 3.63) is 23.8 Å². The first-order valence-corrected chi connectivity index (χ1v) is 4.98. The minimum Gasteiger partial charge on any atom is -0.495 e. The number of amides is 2. The van der Waals surface area contributed by atoms with Crippen molar-refractivity contribution in [3.8, 4) is 5.75 Å². The predicted octanol–water partition coefficient (Wildman–Crippen LogP) is 0.833. The van der Waals surface area contributed by atoms with Gasteiger partial charge in [0.1, 0.15) is 5.75 Å². The number of benzene rings is 1. The van der Waals surface area contributed by atoms with E-state index >= 15 is 0 Å². The largest absolute Gasteiger partial charge is 0.495 e. The van der Waals surface area contributed by atoms with E-state index in [1.54, 1.807) is 25.1 Å². The molecule has 0 fully saturated rings. The van der Waals surface area contributed by atoms with Crippen LogP contribution in [0.5, 0.6) is 5.75 Å². The van der Waals surface area contributed by atoms with Crippen molar-refractivity contribution in [1.29, 1.82) is 0 Å². The molecule has 0 aliphatic heterocycles. The number of para-hydroxylation sites is 1. The molecule has 0 unspecified atom stereocenters. The number of carbonyl (C=O) groups is 1. The third-order valence-electron chi connectivity index (χ3n) is 2.32. The number of methoxy groups -OCH3 is 1. The lowest BCUT2D eigenvalue weighted by Gasteiger charge is -2.22. The number of nitrogens with zero attached hydrogens (tertiary/aromatic N) is 2. The van der Waals surface area contributed by atoms with E-state index in [0.29, 0.717) is 5.75 Å². The van der Waals surface area contributed by atoms with E-state index in [2.05, 4.69) is 4.99 Å². The fourth-order valence-corrected chi connectivity index (χ4v) is 1.53. The fourth-order valence-electron chi connectivity index (χ4n) is 1.53. The van der Waals surface area contributed by atoms with E-state index in [1.165, 1.54) is 0 Å². The molecule has 0 spiro atoms. The zero-order chi connectivity index (χ0) is 13.0. The molecule has 0 bridgehead atoms. The Bertz CT molecular complexity index is 457. The molecule has 0 heterocycles. The number of aryl methyl sites for hydroxylation is 1. The van der Waals surface area contributed by atoms with Gasteiger partial charge in [-0.15, -0.1) is 0 Å². The van der Waals surface area contributed by atoms with Crippen molar-refractivity contribution < 1.29 is 9.53 Å². The first-order chi connectivity index (χ1) is 7.97. The lowest BCUT2D eigenvalue weighted by atomic mass is 10.1. The molecule has 1 aromatic rings. The summed E-state index contributed by atoms with van der Waals surface area (Å²) in [4.78, 5) is 15.7. The Morgan fingerprint density at radius 2 is 2.06 bits per heavy atom. The first kappa shape index (κ1) is 12.8. The molecule has 4 N–H and O–H groups in total. The number of urea groups is 1. The van der Waals surface area contributed by atoms with Crippen molar-refractivity contribution >= 4 is 17.7 Å². The van der Waals surface area contributed by atoms with Crippen molar-refractivity contribution in [3.63, 3.8) is 0 Å². The second-order valence-corrected chi connectivity index (χ2v) is 3.49. The molecule has 17 heavy (non-hydrogen) atoms. The monoisotopic (exact) mass is 236 g/mol. The summed E-state index contributed by atoms with van der Waals surface area (Å²) >= 11 is 0. The fraction of sp³-hybridized carbons (Fsp3) is 0.273. The van der Waals surface area contributed by atoms with Crippen LogP contribution in [0, 0.1) is 6.92 Å². The third-order valence-corrected chi connectivity index (χ3v) is 2.32. The normalized spacial score (nSPS) is 11.1. The van der Waals surface area contributed by atoms with Crippen molar-refractivity contribution in [2.24, 2.45) is 16.5 Å². The molecule has 2 amide bonds. The Morgan fingerprint density at radius 3 is 2.59 bits per heavy atom. The molecule has 1 aromatic carbocycles. The average Bonchev–Trinajstić information content (AvgIpc) is 2.26. The molecule has 0 atom stereocenters. The molecule has 0 saturated carbocycles. The Balaban J connectivity index is 3.20. The SMILES string of the molecule is COc1cccc(C)c1N(C)/C(N)=N\C(N)=O. The number of nitrogens with two attached hydrogens (primary N) is 2. The predicted molar refractivity (Wildman–Crippen MR) is 67.3 cm³/mol. The third kappa shape index (κ3) is 2.87. The van der Waals surface area contributed by atoms with Gasteiger partial charge in [-0.05, 0) is 18.6 Å². The molecule has 1 rings (SSSR count). The summed E-state index contributed by atoms with van der Waals surface area (Å²) < 4.78 is 5.23. The Morgan fingerprint density at radius 1 is 1.41 bits per heavy atom. The Labute approximate surface area is 99.9 Å². The molecule has 0 aliphatic carbocycles. The maximum Gasteiger partial charge on any atom is 0.341 e. The van der Waals surface area contributed by atoms with Gasteiger partial charge in [0.05, 0.1) is 12.8 Å². The highest BCUT2D eigenvalue weighted by molar-refractivity contribution is 6.02. The maximum absolute atomic E-state index is 10.7. The molecule has 0 aromatic heterocycles. The Hall–Kier alpha value is -2.24. The van der Waals surface area contributed by atoms with Crippen LogP contribution in [-0.2, 0) is 0 Å². The maximum atomic E-state index is 10.7. The van der Waals surface area contributed by atoms with Crippen LogP contribution < -0.4 is 21.1 Å². The number of hydrogen-bond donors (Lipinski definition) is 2. The molecule has 0 radical (unpaired) electrons. The highest BCUT2D eigenvalue weighted by Gasteiger charge is 2.14. The first-order valence-electron chi connectivity index (χ1n) is 4.98. The summed E-state index contributed by atoms with van der Waals surface area (Å²) in [7, 11) is 3.25. The second-order valence-electron chi connectivity index (χ2n) is 3.49. The zero-order valence-electron chi connectivity index (χ0n) is 10.1. The highest BCUT2D eigenvalue weighted by atomic mass is 16.5. The molecule has 0 saturated heterocycles. The number of carbonyl (C=O) groups excluding carboxylic acids is 1. The summed E-state index contributed by atoms with van der Waals surface area (Å²) in [5.74, 6) is 0.667. The van der Waals surface area contributed by atoms with Gasteiger partial charge >= 0.3 is 6.03 Å². The standard InChI is InChI=1S/C11H16N4O2/c1-7-5-4-6-8(17-3)9(7)15(2)10(12)14-11(13)16/h4-6H,1-3H3,(H4,12,13,14,16). The summed E-state index contributed by atoms with van der Waals surface area (Å²) in [6.07, 6.45) is 0. The van der Waals surface area contributed by atoms with Crippen LogP contribution in [0.25, 0.3) is 0 Å². The van der Waals surface area contributed by atoms with E-state index in [9.17, 15) is 4.79 Å². The van der Waals surface area contributed by atoms with E-state index in [1.807, 2.05) is 19.1 Å². The van der Waals surface area contributed by atoms with E-state index in [0.717, 1.165) is 11.3 Å². The minimum absolute atomic E-state index is 0.0186. The van der Waals surface area contributed by atoms with Gasteiger partial charge in [0.25, 0.3) is 0 Å². The molecule has 6 heteroatoms. The zero-order valence-corrected chi connectivity index (χ0v) is 10.1. The van der Waals surface area contributed by atoms with Crippen LogP contribution in [0.2, 0.25) is 0 Å². The van der Waals surface area contributed by atoms with Crippen molar-refractivity contribution in [2.75, 3.05) is 19.1 Å². The quantitative estimate of drug-likeness (QED) is 0.587. The molecule has 6 nitrogen and oxygen atoms in total. The molecule has 92 valence electrons. The Kier molecular flexibility index (Phi) is 3.92. The number of aliphatic imine (C=N–C) groups is 1. The van der Waals surface area contributed by atoms with Crippen LogP contribution in [-0.4, -0.2) is 26.1 Å². The van der Waals surface area contributed by atoms with Gasteiger partial charge in [-0.25, -0.2) is 4.79 Å². The van der Waals surface area contributed by atoms with Gasteiger partial charge in [-0.2, -0.15) is 4.99 Å². The smallest absolute Gasteiger partial charge is 0.341 e. The van der Waals surface area contributed by atoms with E-state index in [4.69, 9.17) is 16.2 Å². The van der Waals surface area contributed by atoms with Gasteiger partial charge in [0.2, 0.25) is 5.96 Å². The number of guanidine groups is 1. The summed E-state index contributed by atoms with van der Waals surface area (Å²) in [6, 6.07) is 4.75. The summed E-state index contributed by atoms with van der Waals surface area (Å²) in [5.41, 5.74) is 12.3. The molecular formula is C11H16N4O2. The van der Waals surface area contributed by atoms with Gasteiger partial charge in [-0.1, -0.05) is 12.1 Å². The highest BCUT2D eigenvalue weighted by Crippen LogP contribution is 2.30. The summed E-state index contributed by atoms with van der Waals surface area (Å²) in [5, 5.41) is 0. The van der Waals surface area contributed by atoms with Crippen LogP contribution in [0.15, 0.2) is 23.2 Å². The van der Waals surface area contributed by atoms with Gasteiger partial charge in [0.15, 0.2) is 0 Å².